The average Bonchev–Trinajstić information content (AvgIpc) is 2.65. The maximum Gasteiger partial charge on any atom is 0.300 e. The van der Waals surface area contributed by atoms with Crippen LogP contribution in [0, 0.1) is 0 Å². The third-order valence-corrected chi connectivity index (χ3v) is 2.18. The Morgan fingerprint density at radius 1 is 1.44 bits per heavy atom. The molecule has 1 aromatic rings. The number of nitrogens with zero attached hydrogens (tertiary/aromatic N) is 1. The monoisotopic (exact) mass is 228 g/mol. The number of carboxylic acid groups (broad SMARTS) is 1. The zero-order valence-electron chi connectivity index (χ0n) is 9.23. The van der Waals surface area contributed by atoms with Crippen LogP contribution in [0.15, 0.2) is 15.4 Å². The molecular weight excluding hydrogens is 212 g/mol. The predicted octanol–water partition coefficient (Wildman–Crippen LogP) is 1.05. The Morgan fingerprint density at radius 3 is 2.44 bits per heavy atom. The smallest absolute Gasteiger partial charge is 0.300 e. The van der Waals surface area contributed by atoms with Crippen molar-refractivity contribution >= 4 is 11.9 Å². The molecule has 2 heterocycles. The van der Waals surface area contributed by atoms with Crippen LogP contribution < -0.4 is 10.5 Å². The summed E-state index contributed by atoms with van der Waals surface area (Å²) in [5.74, 6) is -0.153. The normalized spacial score (nSPS) is 15.2. The number of carbonyl (C=O) groups is 1. The number of carboxylic acids is 1. The summed E-state index contributed by atoms with van der Waals surface area (Å²) >= 11 is 0. The second kappa shape index (κ2) is 5.99. The van der Waals surface area contributed by atoms with E-state index < -0.39 is 5.97 Å². The van der Waals surface area contributed by atoms with Gasteiger partial charge in [-0.25, -0.2) is 0 Å². The number of rotatable bonds is 1. The molecule has 0 aromatic carbocycles. The van der Waals surface area contributed by atoms with E-state index in [1.54, 1.807) is 0 Å². The van der Waals surface area contributed by atoms with E-state index in [4.69, 9.17) is 14.4 Å². The topological polar surface area (TPSA) is 86.5 Å². The highest BCUT2D eigenvalue weighted by Crippen LogP contribution is 2.16. The zero-order chi connectivity index (χ0) is 12.0. The van der Waals surface area contributed by atoms with Crippen molar-refractivity contribution in [3.05, 3.63) is 16.4 Å². The molecule has 0 saturated carbocycles. The van der Waals surface area contributed by atoms with Crippen molar-refractivity contribution in [2.75, 3.05) is 18.0 Å². The molecule has 1 aromatic heterocycles. The summed E-state index contributed by atoms with van der Waals surface area (Å²) < 4.78 is 4.99. The summed E-state index contributed by atoms with van der Waals surface area (Å²) in [6, 6.07) is 1.51. The molecule has 0 atom stereocenters. The molecule has 0 bridgehead atoms. The van der Waals surface area contributed by atoms with Crippen LogP contribution in [0.25, 0.3) is 0 Å². The molecule has 6 heteroatoms. The van der Waals surface area contributed by atoms with Gasteiger partial charge < -0.3 is 14.5 Å². The lowest BCUT2D eigenvalue weighted by Crippen LogP contribution is -2.28. The fourth-order valence-electron chi connectivity index (χ4n) is 1.54. The van der Waals surface area contributed by atoms with Gasteiger partial charge in [-0.3, -0.25) is 9.59 Å². The third kappa shape index (κ3) is 4.20. The molecule has 90 valence electrons. The molecular formula is C10H16N2O4. The van der Waals surface area contributed by atoms with Crippen molar-refractivity contribution in [2.45, 2.75) is 26.2 Å². The number of aliphatic carboxylic acids is 1. The first-order valence-corrected chi connectivity index (χ1v) is 5.22. The lowest BCUT2D eigenvalue weighted by molar-refractivity contribution is -0.134. The van der Waals surface area contributed by atoms with Gasteiger partial charge in [-0.1, -0.05) is 0 Å². The van der Waals surface area contributed by atoms with E-state index in [2.05, 4.69) is 10.1 Å². The summed E-state index contributed by atoms with van der Waals surface area (Å²) in [7, 11) is 0. The molecule has 6 nitrogen and oxygen atoms in total. The minimum Gasteiger partial charge on any atom is -0.481 e. The summed E-state index contributed by atoms with van der Waals surface area (Å²) in [6.45, 7) is 3.08. The van der Waals surface area contributed by atoms with Crippen molar-refractivity contribution in [2.24, 2.45) is 0 Å². The van der Waals surface area contributed by atoms with Crippen LogP contribution in [0.4, 0.5) is 5.88 Å². The van der Waals surface area contributed by atoms with Gasteiger partial charge >= 0.3 is 0 Å². The Morgan fingerprint density at radius 2 is 2.00 bits per heavy atom. The van der Waals surface area contributed by atoms with Crippen LogP contribution in [0.2, 0.25) is 0 Å². The second-order valence-corrected chi connectivity index (χ2v) is 3.62. The fourth-order valence-corrected chi connectivity index (χ4v) is 1.54. The van der Waals surface area contributed by atoms with E-state index in [1.807, 2.05) is 0 Å². The lowest BCUT2D eigenvalue weighted by atomic mass is 10.1. The number of piperidine rings is 1. The van der Waals surface area contributed by atoms with Crippen LogP contribution >= 0.6 is 0 Å². The molecule has 0 radical (unpaired) electrons. The molecule has 16 heavy (non-hydrogen) atoms. The number of hydrogen-bond acceptors (Lipinski definition) is 4. The molecule has 1 aliphatic rings. The first-order chi connectivity index (χ1) is 7.59. The van der Waals surface area contributed by atoms with Crippen molar-refractivity contribution in [3.63, 3.8) is 0 Å². The SMILES string of the molecule is CC(=O)O.O=c1cc(N2CCCCC2)o[nH]1. The van der Waals surface area contributed by atoms with E-state index in [0.717, 1.165) is 20.0 Å². The van der Waals surface area contributed by atoms with Crippen LogP contribution in [0.1, 0.15) is 26.2 Å². The average molecular weight is 228 g/mol. The Kier molecular flexibility index (Phi) is 4.63. The summed E-state index contributed by atoms with van der Waals surface area (Å²) in [5.41, 5.74) is -0.157. The predicted molar refractivity (Wildman–Crippen MR) is 58.7 cm³/mol. The summed E-state index contributed by atoms with van der Waals surface area (Å²) in [6.07, 6.45) is 3.66. The van der Waals surface area contributed by atoms with E-state index >= 15 is 0 Å². The fraction of sp³-hybridized carbons (Fsp3) is 0.600. The minimum atomic E-state index is -0.833. The third-order valence-electron chi connectivity index (χ3n) is 2.18. The van der Waals surface area contributed by atoms with Crippen molar-refractivity contribution in [3.8, 4) is 0 Å². The van der Waals surface area contributed by atoms with Gasteiger partial charge in [-0.05, 0) is 19.3 Å². The van der Waals surface area contributed by atoms with Crippen molar-refractivity contribution in [1.29, 1.82) is 0 Å². The number of aromatic amines is 1. The van der Waals surface area contributed by atoms with E-state index in [1.165, 1.54) is 25.3 Å². The van der Waals surface area contributed by atoms with Crippen molar-refractivity contribution < 1.29 is 14.4 Å². The van der Waals surface area contributed by atoms with E-state index in [9.17, 15) is 4.79 Å². The molecule has 2 N–H and O–H groups in total. The van der Waals surface area contributed by atoms with E-state index in [0.29, 0.717) is 5.88 Å². The van der Waals surface area contributed by atoms with Gasteiger partial charge in [-0.15, -0.1) is 0 Å². The first-order valence-electron chi connectivity index (χ1n) is 5.22. The Balaban J connectivity index is 0.000000280. The van der Waals surface area contributed by atoms with Gasteiger partial charge in [0.1, 0.15) is 0 Å². The van der Waals surface area contributed by atoms with Crippen LogP contribution in [-0.4, -0.2) is 29.3 Å². The quantitative estimate of drug-likeness (QED) is 0.750. The summed E-state index contributed by atoms with van der Waals surface area (Å²) in [4.78, 5) is 21.9. The molecule has 0 unspecified atom stereocenters. The Hall–Kier alpha value is -1.72. The maximum absolute atomic E-state index is 10.8. The molecule has 1 aliphatic heterocycles. The molecule has 0 spiro atoms. The Bertz CT molecular complexity index is 372. The zero-order valence-corrected chi connectivity index (χ0v) is 9.23. The first kappa shape index (κ1) is 12.4. The number of H-pyrrole nitrogens is 1. The van der Waals surface area contributed by atoms with Gasteiger partial charge in [0, 0.05) is 20.0 Å². The largest absolute Gasteiger partial charge is 0.481 e. The summed E-state index contributed by atoms with van der Waals surface area (Å²) in [5, 5.41) is 9.71. The number of anilines is 1. The highest BCUT2D eigenvalue weighted by Gasteiger charge is 2.13. The van der Waals surface area contributed by atoms with Crippen molar-refractivity contribution in [1.82, 2.24) is 5.16 Å². The second-order valence-electron chi connectivity index (χ2n) is 3.62. The maximum atomic E-state index is 10.8. The number of hydrogen-bond donors (Lipinski definition) is 2. The van der Waals surface area contributed by atoms with Gasteiger partial charge in [0.05, 0.1) is 6.07 Å². The van der Waals surface area contributed by atoms with Gasteiger partial charge in [0.25, 0.3) is 11.5 Å². The highest BCUT2D eigenvalue weighted by atomic mass is 16.5. The van der Waals surface area contributed by atoms with Crippen LogP contribution in [-0.2, 0) is 4.79 Å². The molecule has 0 aliphatic carbocycles. The van der Waals surface area contributed by atoms with Crippen LogP contribution in [0.5, 0.6) is 0 Å². The molecule has 1 fully saturated rings. The van der Waals surface area contributed by atoms with Crippen LogP contribution in [0.3, 0.4) is 0 Å². The standard InChI is InChI=1S/C8H12N2O2.C2H4O2/c11-7-6-8(12-9-7)10-4-2-1-3-5-10;1-2(3)4/h6H,1-5H2,(H,9,11);1H3,(H,3,4). The lowest BCUT2D eigenvalue weighted by Gasteiger charge is -2.25. The molecule has 0 amide bonds. The number of aromatic nitrogens is 1. The van der Waals surface area contributed by atoms with E-state index in [-0.39, 0.29) is 5.56 Å². The molecule has 2 rings (SSSR count). The van der Waals surface area contributed by atoms with Gasteiger partial charge in [0.15, 0.2) is 0 Å². The highest BCUT2D eigenvalue weighted by molar-refractivity contribution is 5.62. The minimum absolute atomic E-state index is 0.157. The van der Waals surface area contributed by atoms with Gasteiger partial charge in [0.2, 0.25) is 5.88 Å². The molecule has 1 saturated heterocycles. The van der Waals surface area contributed by atoms with Gasteiger partial charge in [-0.2, -0.15) is 5.16 Å². The Labute approximate surface area is 92.8 Å². The number of nitrogens with one attached hydrogen (secondary N) is 1.